The first kappa shape index (κ1) is 16.7. The van der Waals surface area contributed by atoms with E-state index in [0.717, 1.165) is 18.4 Å². The van der Waals surface area contributed by atoms with Crippen molar-refractivity contribution < 1.29 is 19.4 Å². The zero-order chi connectivity index (χ0) is 15.3. The summed E-state index contributed by atoms with van der Waals surface area (Å²) < 4.78 is 11.4. The Morgan fingerprint density at radius 3 is 2.48 bits per heavy atom. The summed E-state index contributed by atoms with van der Waals surface area (Å²) in [6, 6.07) is 10.1. The molecule has 6 atom stereocenters. The van der Waals surface area contributed by atoms with Crippen LogP contribution >= 0.6 is 12.4 Å². The molecule has 3 heterocycles. The van der Waals surface area contributed by atoms with Gasteiger partial charge in [0.05, 0.1) is 6.61 Å². The van der Waals surface area contributed by atoms with Crippen LogP contribution < -0.4 is 0 Å². The number of carbonyl (C=O) groups is 1. The predicted octanol–water partition coefficient (Wildman–Crippen LogP) is 1.34. The third-order valence-electron chi connectivity index (χ3n) is 5.33. The Balaban J connectivity index is 0.00000156. The molecule has 0 aromatic heterocycles. The quantitative estimate of drug-likeness (QED) is 0.662. The molecule has 1 aromatic rings. The average Bonchev–Trinajstić information content (AvgIpc) is 3.27. The number of ether oxygens (including phenoxy) is 2. The fraction of sp³-hybridized carbons (Fsp3) is 0.588. The number of benzene rings is 1. The van der Waals surface area contributed by atoms with Gasteiger partial charge in [0.15, 0.2) is 0 Å². The first-order valence-corrected chi connectivity index (χ1v) is 7.92. The lowest BCUT2D eigenvalue weighted by Gasteiger charge is -2.38. The van der Waals surface area contributed by atoms with Crippen LogP contribution in [0, 0.1) is 0 Å². The highest BCUT2D eigenvalue weighted by molar-refractivity contribution is 5.85. The number of fused-ring (bicyclic) bond motifs is 5. The number of esters is 1. The van der Waals surface area contributed by atoms with Crippen LogP contribution in [0.25, 0.3) is 0 Å². The highest BCUT2D eigenvalue weighted by Crippen LogP contribution is 2.48. The maximum absolute atomic E-state index is 12.4. The van der Waals surface area contributed by atoms with E-state index in [-0.39, 0.29) is 31.1 Å². The number of epoxide rings is 1. The molecule has 0 amide bonds. The van der Waals surface area contributed by atoms with Crippen LogP contribution in [0.2, 0.25) is 0 Å². The maximum atomic E-state index is 12.4. The van der Waals surface area contributed by atoms with Gasteiger partial charge in [-0.2, -0.15) is 0 Å². The summed E-state index contributed by atoms with van der Waals surface area (Å²) in [7, 11) is 2.13. The number of aliphatic hydroxyl groups excluding tert-OH is 1. The van der Waals surface area contributed by atoms with Gasteiger partial charge in [-0.15, -0.1) is 12.4 Å². The number of aliphatic hydroxyl groups is 1. The molecule has 2 bridgehead atoms. The summed E-state index contributed by atoms with van der Waals surface area (Å²) in [6.07, 6.45) is 2.26. The SMILES string of the molecule is CN1[C@@H]2CC(OC(=O)[C@H](CO)c3ccccc3)C[C@H]1[C@H]1O[C@H]12.Cl. The van der Waals surface area contributed by atoms with Crippen molar-refractivity contribution in [3.8, 4) is 0 Å². The maximum Gasteiger partial charge on any atom is 0.316 e. The Kier molecular flexibility index (Phi) is 4.65. The molecule has 0 saturated carbocycles. The van der Waals surface area contributed by atoms with Crippen molar-refractivity contribution in [2.24, 2.45) is 0 Å². The van der Waals surface area contributed by atoms with E-state index in [1.807, 2.05) is 30.3 Å². The second kappa shape index (κ2) is 6.40. The fourth-order valence-corrected chi connectivity index (χ4v) is 4.04. The van der Waals surface area contributed by atoms with Gasteiger partial charge >= 0.3 is 5.97 Å². The Bertz CT molecular complexity index is 551. The van der Waals surface area contributed by atoms with E-state index in [1.54, 1.807) is 0 Å². The molecule has 1 unspecified atom stereocenters. The van der Waals surface area contributed by atoms with Crippen molar-refractivity contribution in [1.82, 2.24) is 4.90 Å². The lowest BCUT2D eigenvalue weighted by Crippen LogP contribution is -2.48. The second-order valence-electron chi connectivity index (χ2n) is 6.54. The lowest BCUT2D eigenvalue weighted by molar-refractivity contribution is -0.156. The molecule has 0 aliphatic carbocycles. The minimum Gasteiger partial charge on any atom is -0.462 e. The van der Waals surface area contributed by atoms with Gasteiger partial charge in [-0.1, -0.05) is 30.3 Å². The summed E-state index contributed by atoms with van der Waals surface area (Å²) >= 11 is 0. The van der Waals surface area contributed by atoms with Crippen LogP contribution in [0.4, 0.5) is 0 Å². The smallest absolute Gasteiger partial charge is 0.316 e. The first-order valence-electron chi connectivity index (χ1n) is 7.92. The number of halogens is 1. The molecule has 3 aliphatic rings. The van der Waals surface area contributed by atoms with Gasteiger partial charge in [0, 0.05) is 24.9 Å². The summed E-state index contributed by atoms with van der Waals surface area (Å²) in [5.74, 6) is -0.915. The third kappa shape index (κ3) is 2.87. The molecule has 126 valence electrons. The fourth-order valence-electron chi connectivity index (χ4n) is 4.04. The highest BCUT2D eigenvalue weighted by Gasteiger charge is 2.62. The highest BCUT2D eigenvalue weighted by atomic mass is 35.5. The topological polar surface area (TPSA) is 62.3 Å². The third-order valence-corrected chi connectivity index (χ3v) is 5.33. The lowest BCUT2D eigenvalue weighted by atomic mass is 9.97. The van der Waals surface area contributed by atoms with Crippen LogP contribution in [0.5, 0.6) is 0 Å². The molecule has 5 nitrogen and oxygen atoms in total. The zero-order valence-electron chi connectivity index (χ0n) is 13.0. The van der Waals surface area contributed by atoms with Gasteiger partial charge < -0.3 is 14.6 Å². The zero-order valence-corrected chi connectivity index (χ0v) is 13.8. The number of morpholine rings is 1. The van der Waals surface area contributed by atoms with E-state index in [2.05, 4.69) is 11.9 Å². The minimum absolute atomic E-state index is 0. The number of piperidine rings is 1. The van der Waals surface area contributed by atoms with Crippen molar-refractivity contribution in [1.29, 1.82) is 0 Å². The molecule has 3 aliphatic heterocycles. The molecule has 1 N–H and O–H groups in total. The standard InChI is InChI=1S/C17H21NO4.ClH/c1-18-13-7-11(8-14(18)16-15(13)22-16)21-17(20)12(9-19)10-5-3-2-4-6-10;/h2-6,11-16,19H,7-9H2,1H3;1H/t11?,12-,13-,14+,15+,16-;/m1./s1. The monoisotopic (exact) mass is 339 g/mol. The van der Waals surface area contributed by atoms with Gasteiger partial charge in [0.25, 0.3) is 0 Å². The van der Waals surface area contributed by atoms with Gasteiger partial charge in [0.2, 0.25) is 0 Å². The van der Waals surface area contributed by atoms with Crippen molar-refractivity contribution >= 4 is 18.4 Å². The van der Waals surface area contributed by atoms with Crippen LogP contribution in [0.3, 0.4) is 0 Å². The van der Waals surface area contributed by atoms with Gasteiger partial charge in [0.1, 0.15) is 24.2 Å². The van der Waals surface area contributed by atoms with Crippen molar-refractivity contribution in [3.05, 3.63) is 35.9 Å². The second-order valence-corrected chi connectivity index (χ2v) is 6.54. The summed E-state index contributed by atoms with van der Waals surface area (Å²) in [5, 5.41) is 9.56. The number of carbonyl (C=O) groups excluding carboxylic acids is 1. The van der Waals surface area contributed by atoms with Gasteiger partial charge in [-0.25, -0.2) is 0 Å². The normalized spacial score (nSPS) is 35.8. The number of likely N-dealkylation sites (N-methyl/N-ethyl adjacent to an activating group) is 1. The molecular formula is C17H22ClNO4. The molecular weight excluding hydrogens is 318 g/mol. The number of rotatable bonds is 4. The van der Waals surface area contributed by atoms with Crippen LogP contribution in [-0.4, -0.2) is 60.0 Å². The summed E-state index contributed by atoms with van der Waals surface area (Å²) in [4.78, 5) is 14.8. The molecule has 6 heteroatoms. The molecule has 4 rings (SSSR count). The number of hydrogen-bond acceptors (Lipinski definition) is 5. The van der Waals surface area contributed by atoms with Gasteiger partial charge in [-0.05, 0) is 12.6 Å². The van der Waals surface area contributed by atoms with Crippen LogP contribution in [-0.2, 0) is 14.3 Å². The van der Waals surface area contributed by atoms with E-state index >= 15 is 0 Å². The number of nitrogens with zero attached hydrogens (tertiary/aromatic N) is 1. The Morgan fingerprint density at radius 2 is 1.91 bits per heavy atom. The number of hydrogen-bond donors (Lipinski definition) is 1. The Labute approximate surface area is 142 Å². The van der Waals surface area contributed by atoms with Crippen molar-refractivity contribution in [2.45, 2.75) is 49.2 Å². The predicted molar refractivity (Wildman–Crippen MR) is 86.6 cm³/mol. The average molecular weight is 340 g/mol. The minimum atomic E-state index is -0.593. The first-order chi connectivity index (χ1) is 10.7. The van der Waals surface area contributed by atoms with E-state index in [4.69, 9.17) is 9.47 Å². The van der Waals surface area contributed by atoms with Crippen molar-refractivity contribution in [2.75, 3.05) is 13.7 Å². The molecule has 3 fully saturated rings. The van der Waals surface area contributed by atoms with Gasteiger partial charge in [-0.3, -0.25) is 9.69 Å². The molecule has 1 aromatic carbocycles. The molecule has 0 radical (unpaired) electrons. The van der Waals surface area contributed by atoms with Crippen molar-refractivity contribution in [3.63, 3.8) is 0 Å². The molecule has 0 spiro atoms. The van der Waals surface area contributed by atoms with E-state index < -0.39 is 5.92 Å². The summed E-state index contributed by atoms with van der Waals surface area (Å²) in [6.45, 7) is -0.226. The van der Waals surface area contributed by atoms with Crippen LogP contribution in [0.15, 0.2) is 30.3 Å². The van der Waals surface area contributed by atoms with E-state index in [1.165, 1.54) is 0 Å². The summed E-state index contributed by atoms with van der Waals surface area (Å²) in [5.41, 5.74) is 0.803. The Morgan fingerprint density at radius 1 is 1.30 bits per heavy atom. The van der Waals surface area contributed by atoms with Crippen LogP contribution in [0.1, 0.15) is 24.3 Å². The van der Waals surface area contributed by atoms with E-state index in [9.17, 15) is 9.90 Å². The largest absolute Gasteiger partial charge is 0.462 e. The van der Waals surface area contributed by atoms with E-state index in [0.29, 0.717) is 24.3 Å². The molecule has 3 saturated heterocycles. The molecule has 23 heavy (non-hydrogen) atoms. The Hall–Kier alpha value is -1.14.